The van der Waals surface area contributed by atoms with Crippen LogP contribution in [0.25, 0.3) is 0 Å². The molecular weight excluding hydrogens is 178 g/mol. The average Bonchev–Trinajstić information content (AvgIpc) is 2.16. The normalized spacial score (nSPS) is 11.5. The molecule has 0 radical (unpaired) electrons. The Hall–Kier alpha value is -1.71. The minimum atomic E-state index is 0.136. The zero-order chi connectivity index (χ0) is 10.7. The molecule has 0 heterocycles. The average molecular weight is 193 g/mol. The van der Waals surface area contributed by atoms with E-state index in [0.29, 0.717) is 0 Å². The number of nitrogens with zero attached hydrogens (tertiary/aromatic N) is 2. The molecule has 1 rings (SSSR count). The van der Waals surface area contributed by atoms with Crippen molar-refractivity contribution in [3.05, 3.63) is 29.3 Å². The molecule has 0 aliphatic heterocycles. The molecule has 1 aromatic carbocycles. The van der Waals surface area contributed by atoms with Crippen LogP contribution in [0.1, 0.15) is 11.1 Å². The lowest BCUT2D eigenvalue weighted by Crippen LogP contribution is -2.19. The van der Waals surface area contributed by atoms with Gasteiger partial charge in [-0.2, -0.15) is 0 Å². The van der Waals surface area contributed by atoms with Crippen LogP contribution >= 0.6 is 0 Å². The largest absolute Gasteiger partial charge is 0.409 e. The van der Waals surface area contributed by atoms with Crippen LogP contribution < -0.4 is 10.6 Å². The summed E-state index contributed by atoms with van der Waals surface area (Å²) in [5.41, 5.74) is 8.34. The number of oxime groups is 1. The summed E-state index contributed by atoms with van der Waals surface area (Å²) in [5, 5.41) is 11.6. The number of amidine groups is 1. The zero-order valence-electron chi connectivity index (χ0n) is 8.65. The Morgan fingerprint density at radius 1 is 1.43 bits per heavy atom. The molecule has 14 heavy (non-hydrogen) atoms. The third-order valence-corrected chi connectivity index (χ3v) is 2.02. The van der Waals surface area contributed by atoms with Gasteiger partial charge in [0.05, 0.1) is 0 Å². The molecule has 0 aromatic heterocycles. The van der Waals surface area contributed by atoms with E-state index in [1.54, 1.807) is 0 Å². The van der Waals surface area contributed by atoms with E-state index >= 15 is 0 Å². The minimum absolute atomic E-state index is 0.136. The van der Waals surface area contributed by atoms with Crippen molar-refractivity contribution in [2.75, 3.05) is 19.0 Å². The van der Waals surface area contributed by atoms with E-state index in [0.717, 1.165) is 16.8 Å². The van der Waals surface area contributed by atoms with Crippen LogP contribution in [0.15, 0.2) is 23.4 Å². The molecule has 0 atom stereocenters. The standard InChI is InChI=1S/C10H15N3O/c1-7-4-5-9(13(2)3)8(6-7)10(11)12-14/h4-6,14H,1-3H3,(H2,11,12). The van der Waals surface area contributed by atoms with E-state index in [1.165, 1.54) is 0 Å². The van der Waals surface area contributed by atoms with Crippen molar-refractivity contribution < 1.29 is 5.21 Å². The summed E-state index contributed by atoms with van der Waals surface area (Å²) in [4.78, 5) is 1.92. The molecule has 4 nitrogen and oxygen atoms in total. The van der Waals surface area contributed by atoms with Crippen molar-refractivity contribution in [1.29, 1.82) is 0 Å². The Labute approximate surface area is 83.6 Å². The van der Waals surface area contributed by atoms with E-state index < -0.39 is 0 Å². The summed E-state index contributed by atoms with van der Waals surface area (Å²) in [6, 6.07) is 5.83. The van der Waals surface area contributed by atoms with E-state index in [1.807, 2.05) is 44.1 Å². The number of aryl methyl sites for hydroxylation is 1. The monoisotopic (exact) mass is 193 g/mol. The Balaban J connectivity index is 3.30. The van der Waals surface area contributed by atoms with Gasteiger partial charge in [-0.25, -0.2) is 0 Å². The lowest BCUT2D eigenvalue weighted by molar-refractivity contribution is 0.318. The second-order valence-electron chi connectivity index (χ2n) is 3.40. The van der Waals surface area contributed by atoms with Gasteiger partial charge in [0.1, 0.15) is 0 Å². The summed E-state index contributed by atoms with van der Waals surface area (Å²) >= 11 is 0. The Morgan fingerprint density at radius 2 is 2.07 bits per heavy atom. The second kappa shape index (κ2) is 4.00. The first-order valence-electron chi connectivity index (χ1n) is 4.32. The summed E-state index contributed by atoms with van der Waals surface area (Å²) in [5.74, 6) is 0.136. The van der Waals surface area contributed by atoms with Gasteiger partial charge in [0.2, 0.25) is 0 Å². The molecule has 76 valence electrons. The van der Waals surface area contributed by atoms with Crippen molar-refractivity contribution in [3.8, 4) is 0 Å². The lowest BCUT2D eigenvalue weighted by Gasteiger charge is -2.17. The fraction of sp³-hybridized carbons (Fsp3) is 0.300. The summed E-state index contributed by atoms with van der Waals surface area (Å²) in [6.45, 7) is 1.97. The van der Waals surface area contributed by atoms with E-state index in [9.17, 15) is 0 Å². The fourth-order valence-corrected chi connectivity index (χ4v) is 1.30. The highest BCUT2D eigenvalue weighted by Gasteiger charge is 2.08. The minimum Gasteiger partial charge on any atom is -0.409 e. The smallest absolute Gasteiger partial charge is 0.172 e. The molecule has 0 aliphatic rings. The van der Waals surface area contributed by atoms with Crippen molar-refractivity contribution in [3.63, 3.8) is 0 Å². The molecule has 0 saturated heterocycles. The first-order valence-corrected chi connectivity index (χ1v) is 4.32. The number of benzene rings is 1. The Kier molecular flexibility index (Phi) is 2.96. The number of hydrogen-bond donors (Lipinski definition) is 2. The van der Waals surface area contributed by atoms with Crippen molar-refractivity contribution in [1.82, 2.24) is 0 Å². The van der Waals surface area contributed by atoms with E-state index in [4.69, 9.17) is 10.9 Å². The van der Waals surface area contributed by atoms with Crippen LogP contribution in [-0.4, -0.2) is 25.1 Å². The highest BCUT2D eigenvalue weighted by atomic mass is 16.4. The van der Waals surface area contributed by atoms with Gasteiger partial charge in [0, 0.05) is 25.3 Å². The first-order chi connectivity index (χ1) is 6.56. The Bertz CT molecular complexity index is 358. The maximum atomic E-state index is 8.63. The van der Waals surface area contributed by atoms with Crippen LogP contribution in [-0.2, 0) is 0 Å². The lowest BCUT2D eigenvalue weighted by atomic mass is 10.1. The van der Waals surface area contributed by atoms with Crippen molar-refractivity contribution in [2.24, 2.45) is 10.9 Å². The predicted molar refractivity (Wildman–Crippen MR) is 58.0 cm³/mol. The highest BCUT2D eigenvalue weighted by molar-refractivity contribution is 6.02. The SMILES string of the molecule is Cc1ccc(N(C)C)c(/C(N)=N/O)c1. The molecule has 3 N–H and O–H groups in total. The van der Waals surface area contributed by atoms with Gasteiger partial charge in [-0.15, -0.1) is 0 Å². The number of hydrogen-bond acceptors (Lipinski definition) is 3. The van der Waals surface area contributed by atoms with Crippen LogP contribution in [0.5, 0.6) is 0 Å². The van der Waals surface area contributed by atoms with Gasteiger partial charge in [-0.3, -0.25) is 0 Å². The van der Waals surface area contributed by atoms with Crippen LogP contribution in [0, 0.1) is 6.92 Å². The molecule has 0 aliphatic carbocycles. The molecule has 1 aromatic rings. The van der Waals surface area contributed by atoms with E-state index in [2.05, 4.69) is 5.16 Å². The summed E-state index contributed by atoms with van der Waals surface area (Å²) < 4.78 is 0. The molecule has 0 spiro atoms. The van der Waals surface area contributed by atoms with Crippen molar-refractivity contribution >= 4 is 11.5 Å². The molecule has 0 unspecified atom stereocenters. The molecular formula is C10H15N3O. The predicted octanol–water partition coefficient (Wildman–Crippen LogP) is 1.16. The molecule has 0 bridgehead atoms. The third-order valence-electron chi connectivity index (χ3n) is 2.02. The number of rotatable bonds is 2. The van der Waals surface area contributed by atoms with Crippen LogP contribution in [0.2, 0.25) is 0 Å². The Morgan fingerprint density at radius 3 is 2.57 bits per heavy atom. The number of nitrogens with two attached hydrogens (primary N) is 1. The van der Waals surface area contributed by atoms with Gasteiger partial charge in [0.25, 0.3) is 0 Å². The van der Waals surface area contributed by atoms with Gasteiger partial charge in [-0.1, -0.05) is 16.8 Å². The highest BCUT2D eigenvalue weighted by Crippen LogP contribution is 2.19. The van der Waals surface area contributed by atoms with Crippen molar-refractivity contribution in [2.45, 2.75) is 6.92 Å². The maximum Gasteiger partial charge on any atom is 0.172 e. The van der Waals surface area contributed by atoms with Crippen LogP contribution in [0.4, 0.5) is 5.69 Å². The van der Waals surface area contributed by atoms with E-state index in [-0.39, 0.29) is 5.84 Å². The fourth-order valence-electron chi connectivity index (χ4n) is 1.30. The van der Waals surface area contributed by atoms with Crippen LogP contribution in [0.3, 0.4) is 0 Å². The van der Waals surface area contributed by atoms with Gasteiger partial charge < -0.3 is 15.8 Å². The maximum absolute atomic E-state index is 8.63. The van der Waals surface area contributed by atoms with Gasteiger partial charge >= 0.3 is 0 Å². The molecule has 0 fully saturated rings. The summed E-state index contributed by atoms with van der Waals surface area (Å²) in [6.07, 6.45) is 0. The molecule has 4 heteroatoms. The second-order valence-corrected chi connectivity index (χ2v) is 3.40. The quantitative estimate of drug-likeness (QED) is 0.320. The zero-order valence-corrected chi connectivity index (χ0v) is 8.65. The summed E-state index contributed by atoms with van der Waals surface area (Å²) in [7, 11) is 3.83. The molecule has 0 saturated carbocycles. The van der Waals surface area contributed by atoms with Gasteiger partial charge in [-0.05, 0) is 19.1 Å². The number of anilines is 1. The van der Waals surface area contributed by atoms with Gasteiger partial charge in [0.15, 0.2) is 5.84 Å². The topological polar surface area (TPSA) is 61.8 Å². The first kappa shape index (κ1) is 10.4. The third kappa shape index (κ3) is 1.96. The molecule has 0 amide bonds.